The summed E-state index contributed by atoms with van der Waals surface area (Å²) in [7, 11) is -3.69. The summed E-state index contributed by atoms with van der Waals surface area (Å²) < 4.78 is 90.4. The van der Waals surface area contributed by atoms with Gasteiger partial charge in [-0.15, -0.1) is 0 Å². The molecule has 6 saturated carbocycles. The number of benzene rings is 1. The van der Waals surface area contributed by atoms with Crippen molar-refractivity contribution in [3.63, 3.8) is 0 Å². The van der Waals surface area contributed by atoms with E-state index in [-0.39, 0.29) is 59.2 Å². The van der Waals surface area contributed by atoms with Gasteiger partial charge in [0.2, 0.25) is 23.5 Å². The Morgan fingerprint density at radius 3 is 1.03 bits per heavy atom. The highest BCUT2D eigenvalue weighted by Gasteiger charge is 2.43. The van der Waals surface area contributed by atoms with Crippen molar-refractivity contribution in [2.75, 3.05) is 39.6 Å². The Morgan fingerprint density at radius 1 is 0.400 bits per heavy atom. The second-order valence-corrected chi connectivity index (χ2v) is 30.2. The number of aliphatic hydroxyl groups is 2. The molecule has 0 radical (unpaired) electrons. The minimum absolute atomic E-state index is 0.139. The lowest BCUT2D eigenvalue weighted by Gasteiger charge is -2.35. The second-order valence-electron chi connectivity index (χ2n) is 24.9. The van der Waals surface area contributed by atoms with E-state index in [1.54, 1.807) is 49.1 Å². The first-order valence-electron chi connectivity index (χ1n) is 33.1. The quantitative estimate of drug-likeness (QED) is 0.116. The third kappa shape index (κ3) is 25.2. The molecule has 14 rings (SSSR count). The second kappa shape index (κ2) is 37.3. The summed E-state index contributed by atoms with van der Waals surface area (Å²) in [5, 5.41) is 18.7. The highest BCUT2D eigenvalue weighted by atomic mass is 79.9. The first-order valence-corrected chi connectivity index (χ1v) is 37.7. The van der Waals surface area contributed by atoms with E-state index in [0.717, 1.165) is 139 Å². The summed E-state index contributed by atoms with van der Waals surface area (Å²) in [6.45, 7) is 5.97. The largest absolute Gasteiger partial charge is 0.474 e. The monoisotopic (exact) mass is 1590 g/mol. The number of ether oxygens (including phenoxy) is 10. The van der Waals surface area contributed by atoms with Crippen LogP contribution in [-0.2, 0) is 52.3 Å². The molecule has 0 unspecified atom stereocenters. The van der Waals surface area contributed by atoms with Gasteiger partial charge in [-0.1, -0.05) is 81.4 Å². The van der Waals surface area contributed by atoms with Gasteiger partial charge in [0.1, 0.15) is 36.0 Å². The zero-order valence-electron chi connectivity index (χ0n) is 53.7. The number of aromatic nitrogens is 4. The third-order valence-electron chi connectivity index (χ3n) is 17.7. The van der Waals surface area contributed by atoms with E-state index in [2.05, 4.69) is 83.7 Å². The number of carbonyl (C=O) groups excluding carboxylic acids is 2. The van der Waals surface area contributed by atoms with Gasteiger partial charge in [0.05, 0.1) is 62.8 Å². The molecule has 4 aromatic heterocycles. The van der Waals surface area contributed by atoms with E-state index in [1.807, 2.05) is 55.5 Å². The fourth-order valence-corrected chi connectivity index (χ4v) is 14.7. The standard InChI is InChI=1S/C15H20O5S.C13H16BrNO3.2C11H14BrNO2.C11H12BrNO2.C8H12O3/c1-12-2-4-14(5-3-12)21(16,17)20-13-6-8-15(9-7-13)18-10-11-19-15;14-10-3-6-15-12(9-10)18-11-1-4-13(5-2-11)16-7-8-17-13;3*12-8-5-6-13-11(7-8)15-10-3-1-9(14)2-4-10;9-7-1-3-8(4-2-7)10-5-6-11-8/h2-5,13H,6-11H2,1H3;3,6,9,11H,1-2,4-5,7-8H2;2*5-7,9-10,14H,1-4H2;5-7,10H,1-4H2;1-6H2. The number of Topliss-reactive ketones (excluding diaryl/α,β-unsaturated/α-hetero) is 2. The van der Waals surface area contributed by atoms with Crippen LogP contribution in [-0.4, -0.2) is 150 Å². The summed E-state index contributed by atoms with van der Waals surface area (Å²) in [5.41, 5.74) is 1.02. The Hall–Kier alpha value is -4.13. The average Bonchev–Trinajstić information content (AvgIpc) is 1.82. The first-order chi connectivity index (χ1) is 45.8. The molecule has 520 valence electrons. The zero-order valence-corrected chi connectivity index (χ0v) is 60.9. The summed E-state index contributed by atoms with van der Waals surface area (Å²) in [6, 6.07) is 21.7. The predicted octanol–water partition coefficient (Wildman–Crippen LogP) is 14.0. The van der Waals surface area contributed by atoms with Crippen molar-refractivity contribution in [2.24, 2.45) is 0 Å². The normalized spacial score (nSPS) is 24.6. The van der Waals surface area contributed by atoms with Gasteiger partial charge in [0.25, 0.3) is 10.1 Å². The SMILES string of the molecule is Brc1ccnc(OC2CCC3(CC2)OCCO3)c1.Cc1ccc(S(=O)(=O)OC2CCC3(CC2)OCCO3)cc1.O=C1CCC(Oc2cc(Br)ccn2)CC1.O=C1CCC2(CC1)OCCO2.OC1CCC(Oc2cc(Br)ccn2)CC1.OC1CCC(Oc2cc(Br)ccn2)CC1. The van der Waals surface area contributed by atoms with Gasteiger partial charge in [0, 0.05) is 131 Å². The van der Waals surface area contributed by atoms with E-state index in [4.69, 9.17) is 51.6 Å². The molecule has 0 bridgehead atoms. The molecule has 3 saturated heterocycles. The number of aliphatic hydroxyl groups excluding tert-OH is 2. The molecule has 0 amide bonds. The van der Waals surface area contributed by atoms with Crippen LogP contribution in [0.2, 0.25) is 0 Å². The Morgan fingerprint density at radius 2 is 0.695 bits per heavy atom. The number of hydrogen-bond donors (Lipinski definition) is 2. The molecule has 7 heterocycles. The van der Waals surface area contributed by atoms with Crippen LogP contribution in [0.15, 0.2) is 120 Å². The molecule has 95 heavy (non-hydrogen) atoms. The Labute approximate surface area is 591 Å². The van der Waals surface area contributed by atoms with Crippen LogP contribution in [0.3, 0.4) is 0 Å². The van der Waals surface area contributed by atoms with Crippen LogP contribution in [0.4, 0.5) is 0 Å². The number of halogens is 4. The molecule has 6 aliphatic carbocycles. The molecule has 9 fully saturated rings. The lowest BCUT2D eigenvalue weighted by atomic mass is 9.92. The van der Waals surface area contributed by atoms with E-state index >= 15 is 0 Å². The van der Waals surface area contributed by atoms with Crippen LogP contribution < -0.4 is 18.9 Å². The minimum atomic E-state index is -3.69. The van der Waals surface area contributed by atoms with Crippen LogP contribution in [0.25, 0.3) is 0 Å². The molecular weight excluding hydrogens is 1510 g/mol. The van der Waals surface area contributed by atoms with Crippen molar-refractivity contribution >= 4 is 85.4 Å². The van der Waals surface area contributed by atoms with Crippen LogP contribution in [0, 0.1) is 6.92 Å². The van der Waals surface area contributed by atoms with E-state index < -0.39 is 15.9 Å². The fourth-order valence-electron chi connectivity index (χ4n) is 12.3. The maximum absolute atomic E-state index is 12.2. The molecule has 26 heteroatoms. The number of hydrogen-bond acceptors (Lipinski definition) is 21. The van der Waals surface area contributed by atoms with Gasteiger partial charge in [-0.05, 0) is 133 Å². The van der Waals surface area contributed by atoms with E-state index in [0.29, 0.717) is 113 Å². The molecular formula is C69H88Br4N4O17S. The molecule has 3 aliphatic heterocycles. The van der Waals surface area contributed by atoms with Crippen molar-refractivity contribution in [3.05, 3.63) is 121 Å². The Kier molecular flexibility index (Phi) is 29.5. The van der Waals surface area contributed by atoms with Crippen molar-refractivity contribution in [1.29, 1.82) is 0 Å². The van der Waals surface area contributed by atoms with Crippen molar-refractivity contribution in [1.82, 2.24) is 19.9 Å². The molecule has 2 N–H and O–H groups in total. The maximum atomic E-state index is 12.2. The number of aryl methyl sites for hydroxylation is 1. The minimum Gasteiger partial charge on any atom is -0.474 e. The van der Waals surface area contributed by atoms with Crippen LogP contribution in [0.1, 0.15) is 160 Å². The number of pyridine rings is 4. The Balaban J connectivity index is 0.000000135. The van der Waals surface area contributed by atoms with Gasteiger partial charge in [-0.3, -0.25) is 13.8 Å². The molecule has 0 atom stereocenters. The van der Waals surface area contributed by atoms with Crippen molar-refractivity contribution in [2.45, 2.75) is 226 Å². The smallest absolute Gasteiger partial charge is 0.297 e. The van der Waals surface area contributed by atoms with Gasteiger partial charge in [-0.2, -0.15) is 8.42 Å². The summed E-state index contributed by atoms with van der Waals surface area (Å²) in [4.78, 5) is 38.7. The molecule has 9 aliphatic rings. The molecule has 1 aromatic carbocycles. The van der Waals surface area contributed by atoms with Gasteiger partial charge >= 0.3 is 0 Å². The van der Waals surface area contributed by atoms with Gasteiger partial charge in [-0.25, -0.2) is 19.9 Å². The molecule has 5 aromatic rings. The van der Waals surface area contributed by atoms with E-state index in [9.17, 15) is 28.2 Å². The molecule has 21 nitrogen and oxygen atoms in total. The Bertz CT molecular complexity index is 3180. The number of rotatable bonds is 11. The zero-order chi connectivity index (χ0) is 67.1. The lowest BCUT2D eigenvalue weighted by molar-refractivity contribution is -0.186. The predicted molar refractivity (Wildman–Crippen MR) is 365 cm³/mol. The summed E-state index contributed by atoms with van der Waals surface area (Å²) >= 11 is 13.5. The lowest BCUT2D eigenvalue weighted by Crippen LogP contribution is -2.38. The number of carbonyl (C=O) groups is 2. The maximum Gasteiger partial charge on any atom is 0.297 e. The third-order valence-corrected chi connectivity index (χ3v) is 21.0. The van der Waals surface area contributed by atoms with Gasteiger partial charge < -0.3 is 57.6 Å². The average molecular weight is 1600 g/mol. The molecule has 3 spiro atoms. The topological polar surface area (TPSA) is 262 Å². The first kappa shape index (κ1) is 75.1. The van der Waals surface area contributed by atoms with E-state index in [1.165, 1.54) is 0 Å². The van der Waals surface area contributed by atoms with Crippen LogP contribution in [0.5, 0.6) is 23.5 Å². The highest BCUT2D eigenvalue weighted by molar-refractivity contribution is 9.11. The summed E-state index contributed by atoms with van der Waals surface area (Å²) in [5.74, 6) is 2.14. The van der Waals surface area contributed by atoms with Gasteiger partial charge in [0.15, 0.2) is 17.4 Å². The highest BCUT2D eigenvalue weighted by Crippen LogP contribution is 2.40. The number of ketones is 2. The van der Waals surface area contributed by atoms with Crippen molar-refractivity contribution in [3.8, 4) is 23.5 Å². The summed E-state index contributed by atoms with van der Waals surface area (Å²) in [6.07, 6.45) is 26.1. The number of nitrogens with zero attached hydrogens (tertiary/aromatic N) is 4. The fraction of sp³-hybridized carbons (Fsp3) is 0.594. The van der Waals surface area contributed by atoms with Crippen LogP contribution >= 0.6 is 63.7 Å². The van der Waals surface area contributed by atoms with Crippen molar-refractivity contribution < 1.29 is 79.8 Å².